The van der Waals surface area contributed by atoms with Gasteiger partial charge in [0.15, 0.2) is 0 Å². The molecule has 23 heavy (non-hydrogen) atoms. The average Bonchev–Trinajstić information content (AvgIpc) is 2.96. The largest absolute Gasteiger partial charge is 0.385 e. The van der Waals surface area contributed by atoms with Gasteiger partial charge >= 0.3 is 0 Å². The van der Waals surface area contributed by atoms with Crippen LogP contribution in [0.2, 0.25) is 5.02 Å². The Morgan fingerprint density at radius 3 is 2.74 bits per heavy atom. The van der Waals surface area contributed by atoms with Crippen LogP contribution in [-0.2, 0) is 6.42 Å². The van der Waals surface area contributed by atoms with Gasteiger partial charge in [0.2, 0.25) is 0 Å². The van der Waals surface area contributed by atoms with E-state index in [1.54, 1.807) is 18.2 Å². The summed E-state index contributed by atoms with van der Waals surface area (Å²) in [5.41, 5.74) is 10.6. The van der Waals surface area contributed by atoms with E-state index in [1.807, 2.05) is 36.4 Å². The number of nitrogens with one attached hydrogen (secondary N) is 2. The Bertz CT molecular complexity index is 871. The first-order chi connectivity index (χ1) is 11.1. The summed E-state index contributed by atoms with van der Waals surface area (Å²) < 4.78 is 0. The van der Waals surface area contributed by atoms with Gasteiger partial charge < -0.3 is 10.7 Å². The molecule has 0 spiro atoms. The number of amidine groups is 1. The van der Waals surface area contributed by atoms with Crippen LogP contribution in [-0.4, -0.2) is 16.7 Å². The molecule has 0 unspecified atom stereocenters. The Labute approximate surface area is 138 Å². The summed E-state index contributed by atoms with van der Waals surface area (Å²) >= 11 is 5.93. The number of H-pyrrole nitrogens is 1. The van der Waals surface area contributed by atoms with Crippen molar-refractivity contribution in [1.29, 1.82) is 0 Å². The molecule has 1 aromatic heterocycles. The van der Waals surface area contributed by atoms with E-state index in [0.29, 0.717) is 23.0 Å². The summed E-state index contributed by atoms with van der Waals surface area (Å²) in [6.07, 6.45) is 0.476. The monoisotopic (exact) mass is 326 g/mol. The molecule has 0 fully saturated rings. The van der Waals surface area contributed by atoms with Gasteiger partial charge in [-0.2, -0.15) is 5.10 Å². The molecule has 0 aliphatic carbocycles. The van der Waals surface area contributed by atoms with Crippen LogP contribution >= 0.6 is 11.6 Å². The fourth-order valence-electron chi connectivity index (χ4n) is 2.25. The van der Waals surface area contributed by atoms with Gasteiger partial charge in [0.25, 0.3) is 5.91 Å². The van der Waals surface area contributed by atoms with Crippen LogP contribution in [0, 0.1) is 0 Å². The first kappa shape index (κ1) is 15.1. The third kappa shape index (κ3) is 3.70. The minimum absolute atomic E-state index is 0.337. The van der Waals surface area contributed by atoms with E-state index in [-0.39, 0.29) is 5.91 Å². The number of rotatable bonds is 4. The van der Waals surface area contributed by atoms with E-state index in [0.717, 1.165) is 16.5 Å². The standard InChI is InChI=1S/C17H15ClN4O/c18-13-6-7-14-12(9-13)10-15(20-14)17(23)22-21-16(19)8-11-4-2-1-3-5-11/h1-7,9-10,20H,8H2,(H2,19,21)(H,22,23). The summed E-state index contributed by atoms with van der Waals surface area (Å²) in [6, 6.07) is 16.8. The van der Waals surface area contributed by atoms with Crippen molar-refractivity contribution in [3.05, 3.63) is 70.9 Å². The van der Waals surface area contributed by atoms with Crippen LogP contribution in [0.5, 0.6) is 0 Å². The second kappa shape index (κ2) is 6.54. The number of nitrogens with two attached hydrogens (primary N) is 1. The molecular weight excluding hydrogens is 312 g/mol. The number of fused-ring (bicyclic) bond motifs is 1. The van der Waals surface area contributed by atoms with E-state index >= 15 is 0 Å². The maximum Gasteiger partial charge on any atom is 0.287 e. The summed E-state index contributed by atoms with van der Waals surface area (Å²) in [4.78, 5) is 15.1. The molecular formula is C17H15ClN4O. The number of aromatic amines is 1. The highest BCUT2D eigenvalue weighted by Crippen LogP contribution is 2.19. The lowest BCUT2D eigenvalue weighted by molar-refractivity contribution is 0.0950. The Kier molecular flexibility index (Phi) is 4.30. The number of nitrogens with zero attached hydrogens (tertiary/aromatic N) is 1. The van der Waals surface area contributed by atoms with E-state index in [2.05, 4.69) is 15.5 Å². The van der Waals surface area contributed by atoms with E-state index in [9.17, 15) is 4.79 Å². The molecule has 0 bridgehead atoms. The average molecular weight is 327 g/mol. The second-order valence-electron chi connectivity index (χ2n) is 5.12. The van der Waals surface area contributed by atoms with Crippen molar-refractivity contribution >= 4 is 34.2 Å². The van der Waals surface area contributed by atoms with Crippen LogP contribution < -0.4 is 11.2 Å². The Morgan fingerprint density at radius 2 is 1.96 bits per heavy atom. The van der Waals surface area contributed by atoms with Crippen LogP contribution in [0.25, 0.3) is 10.9 Å². The number of amides is 1. The Hall–Kier alpha value is -2.79. The fraction of sp³-hybridized carbons (Fsp3) is 0.0588. The highest BCUT2D eigenvalue weighted by Gasteiger charge is 2.09. The highest BCUT2D eigenvalue weighted by atomic mass is 35.5. The maximum atomic E-state index is 12.1. The van der Waals surface area contributed by atoms with Gasteiger partial charge in [-0.15, -0.1) is 0 Å². The molecule has 3 aromatic rings. The predicted octanol–water partition coefficient (Wildman–Crippen LogP) is 3.07. The van der Waals surface area contributed by atoms with Crippen molar-refractivity contribution in [2.45, 2.75) is 6.42 Å². The third-order valence-electron chi connectivity index (χ3n) is 3.36. The Morgan fingerprint density at radius 1 is 1.17 bits per heavy atom. The summed E-state index contributed by atoms with van der Waals surface area (Å²) in [5.74, 6) is -0.0166. The number of carbonyl (C=O) groups excluding carboxylic acids is 1. The molecule has 2 aromatic carbocycles. The molecule has 0 saturated heterocycles. The summed E-state index contributed by atoms with van der Waals surface area (Å²) in [6.45, 7) is 0. The normalized spacial score (nSPS) is 11.6. The number of carbonyl (C=O) groups is 1. The minimum atomic E-state index is -0.353. The van der Waals surface area contributed by atoms with Crippen molar-refractivity contribution in [1.82, 2.24) is 10.4 Å². The lowest BCUT2D eigenvalue weighted by Gasteiger charge is -2.02. The molecule has 1 heterocycles. The van der Waals surface area contributed by atoms with Crippen molar-refractivity contribution < 1.29 is 4.79 Å². The van der Waals surface area contributed by atoms with Gasteiger partial charge in [0.1, 0.15) is 11.5 Å². The van der Waals surface area contributed by atoms with Crippen molar-refractivity contribution in [3.8, 4) is 0 Å². The quantitative estimate of drug-likeness (QED) is 0.391. The maximum absolute atomic E-state index is 12.1. The molecule has 4 N–H and O–H groups in total. The highest BCUT2D eigenvalue weighted by molar-refractivity contribution is 6.31. The number of benzene rings is 2. The predicted molar refractivity (Wildman–Crippen MR) is 92.5 cm³/mol. The number of hydrogen-bond acceptors (Lipinski definition) is 2. The molecule has 0 aliphatic rings. The number of hydrazone groups is 1. The van der Waals surface area contributed by atoms with Crippen molar-refractivity contribution in [3.63, 3.8) is 0 Å². The minimum Gasteiger partial charge on any atom is -0.385 e. The lowest BCUT2D eigenvalue weighted by Crippen LogP contribution is -2.24. The van der Waals surface area contributed by atoms with Gasteiger partial charge in [-0.05, 0) is 29.8 Å². The molecule has 1 amide bonds. The summed E-state index contributed by atoms with van der Waals surface area (Å²) in [7, 11) is 0. The first-order valence-electron chi connectivity index (χ1n) is 7.06. The van der Waals surface area contributed by atoms with Crippen LogP contribution in [0.1, 0.15) is 16.1 Å². The smallest absolute Gasteiger partial charge is 0.287 e. The van der Waals surface area contributed by atoms with Gasteiger partial charge in [0, 0.05) is 22.3 Å². The van der Waals surface area contributed by atoms with Crippen LogP contribution in [0.15, 0.2) is 59.7 Å². The number of hydrogen-bond donors (Lipinski definition) is 3. The number of halogens is 1. The molecule has 3 rings (SSSR count). The lowest BCUT2D eigenvalue weighted by atomic mass is 10.1. The van der Waals surface area contributed by atoms with Gasteiger partial charge in [-0.3, -0.25) is 4.79 Å². The molecule has 0 radical (unpaired) electrons. The zero-order chi connectivity index (χ0) is 16.2. The van der Waals surface area contributed by atoms with Gasteiger partial charge in [-0.1, -0.05) is 41.9 Å². The zero-order valence-electron chi connectivity index (χ0n) is 12.2. The molecule has 0 saturated carbocycles. The number of aromatic nitrogens is 1. The Balaban J connectivity index is 1.69. The molecule has 116 valence electrons. The zero-order valence-corrected chi connectivity index (χ0v) is 13.0. The molecule has 0 atom stereocenters. The topological polar surface area (TPSA) is 83.3 Å². The van der Waals surface area contributed by atoms with Crippen molar-refractivity contribution in [2.75, 3.05) is 0 Å². The molecule has 6 heteroatoms. The van der Waals surface area contributed by atoms with E-state index < -0.39 is 0 Å². The molecule has 0 aliphatic heterocycles. The first-order valence-corrected chi connectivity index (χ1v) is 7.44. The third-order valence-corrected chi connectivity index (χ3v) is 3.59. The summed E-state index contributed by atoms with van der Waals surface area (Å²) in [5, 5.41) is 5.42. The van der Waals surface area contributed by atoms with Crippen molar-refractivity contribution in [2.24, 2.45) is 10.8 Å². The van der Waals surface area contributed by atoms with Gasteiger partial charge in [0.05, 0.1) is 0 Å². The van der Waals surface area contributed by atoms with E-state index in [4.69, 9.17) is 17.3 Å². The second-order valence-corrected chi connectivity index (χ2v) is 5.56. The fourth-order valence-corrected chi connectivity index (χ4v) is 2.43. The van der Waals surface area contributed by atoms with E-state index in [1.165, 1.54) is 0 Å². The van der Waals surface area contributed by atoms with Crippen LogP contribution in [0.4, 0.5) is 0 Å². The van der Waals surface area contributed by atoms with Gasteiger partial charge in [-0.25, -0.2) is 5.43 Å². The van der Waals surface area contributed by atoms with Crippen LogP contribution in [0.3, 0.4) is 0 Å². The SMILES string of the molecule is N/C(Cc1ccccc1)=N\NC(=O)c1cc2cc(Cl)ccc2[nH]1. The molecule has 5 nitrogen and oxygen atoms in total.